The topological polar surface area (TPSA) is 63.0 Å². The predicted molar refractivity (Wildman–Crippen MR) is 66.7 cm³/mol. The van der Waals surface area contributed by atoms with Crippen LogP contribution in [0.4, 0.5) is 26.1 Å². The molecule has 4 nitrogen and oxygen atoms in total. The minimum absolute atomic E-state index is 0.133. The van der Waals surface area contributed by atoms with E-state index in [0.717, 1.165) is 0 Å². The molecular weight excluding hydrogens is 262 g/mol. The lowest BCUT2D eigenvalue weighted by atomic mass is 10.3. The zero-order valence-corrected chi connectivity index (χ0v) is 9.80. The van der Waals surface area contributed by atoms with Crippen molar-refractivity contribution in [1.29, 1.82) is 0 Å². The number of anilines is 3. The van der Waals surface area contributed by atoms with Crippen LogP contribution < -0.4 is 16.6 Å². The molecule has 2 rings (SSSR count). The van der Waals surface area contributed by atoms with Crippen LogP contribution in [-0.4, -0.2) is 4.98 Å². The van der Waals surface area contributed by atoms with Crippen molar-refractivity contribution >= 4 is 28.9 Å². The molecule has 0 saturated carbocycles. The maximum atomic E-state index is 13.5. The van der Waals surface area contributed by atoms with Crippen molar-refractivity contribution in [3.63, 3.8) is 0 Å². The van der Waals surface area contributed by atoms with E-state index in [0.29, 0.717) is 16.8 Å². The Hall–Kier alpha value is -1.92. The largest absolute Gasteiger partial charge is 0.338 e. The van der Waals surface area contributed by atoms with E-state index >= 15 is 0 Å². The molecule has 1 aromatic heterocycles. The van der Waals surface area contributed by atoms with Crippen LogP contribution in [0.2, 0.25) is 5.02 Å². The Labute approximate surface area is 107 Å². The lowest BCUT2D eigenvalue weighted by Gasteiger charge is -2.09. The zero-order valence-electron chi connectivity index (χ0n) is 9.05. The quantitative estimate of drug-likeness (QED) is 0.592. The molecule has 0 aliphatic rings. The Morgan fingerprint density at radius 1 is 1.06 bits per heavy atom. The first-order valence-corrected chi connectivity index (χ1v) is 5.33. The fourth-order valence-electron chi connectivity index (χ4n) is 1.33. The average Bonchev–Trinajstić information content (AvgIpc) is 2.35. The monoisotopic (exact) mass is 270 g/mol. The van der Waals surface area contributed by atoms with E-state index in [1.54, 1.807) is 24.3 Å². The van der Waals surface area contributed by atoms with Gasteiger partial charge >= 0.3 is 0 Å². The molecule has 0 fully saturated rings. The van der Waals surface area contributed by atoms with Crippen LogP contribution in [0.3, 0.4) is 0 Å². The number of aromatic nitrogens is 1. The third kappa shape index (κ3) is 2.66. The van der Waals surface area contributed by atoms with Gasteiger partial charge < -0.3 is 10.7 Å². The van der Waals surface area contributed by atoms with Crippen LogP contribution in [0.15, 0.2) is 30.3 Å². The Balaban J connectivity index is 2.31. The Kier molecular flexibility index (Phi) is 3.59. The van der Waals surface area contributed by atoms with Crippen LogP contribution in [0.5, 0.6) is 0 Å². The molecule has 7 heteroatoms. The molecular formula is C11H9ClF2N4. The molecule has 2 aromatic rings. The number of hydrazine groups is 1. The second-order valence-electron chi connectivity index (χ2n) is 3.43. The normalized spacial score (nSPS) is 10.2. The number of halogens is 3. The standard InChI is InChI=1S/C11H9ClF2N4/c12-6-1-3-7(4-2-6)16-10-8(13)5-9(14)11(17-10)18-15/h1-5H,15H2,(H2,16,17,18). The number of pyridine rings is 1. The maximum Gasteiger partial charge on any atom is 0.178 e. The molecule has 0 unspecified atom stereocenters. The Morgan fingerprint density at radius 3 is 2.28 bits per heavy atom. The first kappa shape index (κ1) is 12.5. The number of hydrogen-bond acceptors (Lipinski definition) is 4. The summed E-state index contributed by atoms with van der Waals surface area (Å²) >= 11 is 5.72. The first-order valence-electron chi connectivity index (χ1n) is 4.95. The summed E-state index contributed by atoms with van der Waals surface area (Å²) in [7, 11) is 0. The summed E-state index contributed by atoms with van der Waals surface area (Å²) in [6.45, 7) is 0. The number of nitrogens with one attached hydrogen (secondary N) is 2. The van der Waals surface area contributed by atoms with Gasteiger partial charge in [-0.3, -0.25) is 0 Å². The third-order valence-electron chi connectivity index (χ3n) is 2.17. The summed E-state index contributed by atoms with van der Waals surface area (Å²) in [6.07, 6.45) is 0. The van der Waals surface area contributed by atoms with Gasteiger partial charge in [0, 0.05) is 16.8 Å². The van der Waals surface area contributed by atoms with E-state index in [1.165, 1.54) is 0 Å². The van der Waals surface area contributed by atoms with Crippen LogP contribution in [0, 0.1) is 11.6 Å². The predicted octanol–water partition coefficient (Wildman–Crippen LogP) is 3.04. The van der Waals surface area contributed by atoms with Crippen LogP contribution in [0.25, 0.3) is 0 Å². The van der Waals surface area contributed by atoms with E-state index in [9.17, 15) is 8.78 Å². The van der Waals surface area contributed by atoms with Crippen molar-refractivity contribution in [2.45, 2.75) is 0 Å². The van der Waals surface area contributed by atoms with Gasteiger partial charge in [-0.2, -0.15) is 0 Å². The number of hydrogen-bond donors (Lipinski definition) is 3. The molecule has 0 bridgehead atoms. The van der Waals surface area contributed by atoms with Crippen molar-refractivity contribution in [2.75, 3.05) is 10.7 Å². The molecule has 0 spiro atoms. The zero-order chi connectivity index (χ0) is 13.1. The molecule has 0 amide bonds. The molecule has 18 heavy (non-hydrogen) atoms. The summed E-state index contributed by atoms with van der Waals surface area (Å²) in [6, 6.07) is 7.24. The second-order valence-corrected chi connectivity index (χ2v) is 3.86. The molecule has 0 atom stereocenters. The lowest BCUT2D eigenvalue weighted by molar-refractivity contribution is 0.579. The highest BCUT2D eigenvalue weighted by molar-refractivity contribution is 6.30. The number of nitrogens with zero attached hydrogens (tertiary/aromatic N) is 1. The molecule has 0 saturated heterocycles. The van der Waals surface area contributed by atoms with Crippen molar-refractivity contribution in [1.82, 2.24) is 4.98 Å². The van der Waals surface area contributed by atoms with Gasteiger partial charge in [0.05, 0.1) is 0 Å². The minimum Gasteiger partial charge on any atom is -0.338 e. The van der Waals surface area contributed by atoms with Crippen molar-refractivity contribution < 1.29 is 8.78 Å². The van der Waals surface area contributed by atoms with Gasteiger partial charge in [0.15, 0.2) is 23.3 Å². The smallest absolute Gasteiger partial charge is 0.178 e. The average molecular weight is 271 g/mol. The Morgan fingerprint density at radius 2 is 1.67 bits per heavy atom. The summed E-state index contributed by atoms with van der Waals surface area (Å²) in [4.78, 5) is 3.68. The van der Waals surface area contributed by atoms with E-state index in [1.807, 2.05) is 5.43 Å². The van der Waals surface area contributed by atoms with Gasteiger partial charge in [0.2, 0.25) is 0 Å². The molecule has 1 aromatic carbocycles. The number of benzene rings is 1. The molecule has 0 radical (unpaired) electrons. The van der Waals surface area contributed by atoms with Crippen molar-refractivity contribution in [3.05, 3.63) is 47.0 Å². The van der Waals surface area contributed by atoms with Gasteiger partial charge in [-0.15, -0.1) is 0 Å². The molecule has 1 heterocycles. The van der Waals surface area contributed by atoms with Crippen LogP contribution in [0.1, 0.15) is 0 Å². The van der Waals surface area contributed by atoms with Gasteiger partial charge in [-0.05, 0) is 24.3 Å². The van der Waals surface area contributed by atoms with Gasteiger partial charge in [-0.1, -0.05) is 11.6 Å². The fourth-order valence-corrected chi connectivity index (χ4v) is 1.45. The Bertz CT molecular complexity index is 560. The SMILES string of the molecule is NNc1nc(Nc2ccc(Cl)cc2)c(F)cc1F. The highest BCUT2D eigenvalue weighted by atomic mass is 35.5. The van der Waals surface area contributed by atoms with Gasteiger partial charge in [0.25, 0.3) is 0 Å². The summed E-state index contributed by atoms with van der Waals surface area (Å²) < 4.78 is 26.6. The summed E-state index contributed by atoms with van der Waals surface area (Å²) in [5.74, 6) is 3.00. The fraction of sp³-hybridized carbons (Fsp3) is 0. The van der Waals surface area contributed by atoms with E-state index in [4.69, 9.17) is 17.4 Å². The molecule has 94 valence electrons. The van der Waals surface area contributed by atoms with Gasteiger partial charge in [0.1, 0.15) is 0 Å². The first-order chi connectivity index (χ1) is 8.60. The van der Waals surface area contributed by atoms with Gasteiger partial charge in [-0.25, -0.2) is 19.6 Å². The van der Waals surface area contributed by atoms with E-state index < -0.39 is 11.6 Å². The second kappa shape index (κ2) is 5.16. The highest BCUT2D eigenvalue weighted by Gasteiger charge is 2.11. The summed E-state index contributed by atoms with van der Waals surface area (Å²) in [5.41, 5.74) is 2.61. The molecule has 0 aliphatic carbocycles. The van der Waals surface area contributed by atoms with Crippen molar-refractivity contribution in [3.8, 4) is 0 Å². The number of nitrogen functional groups attached to an aromatic ring is 1. The highest BCUT2D eigenvalue weighted by Crippen LogP contribution is 2.22. The summed E-state index contributed by atoms with van der Waals surface area (Å²) in [5, 5.41) is 3.25. The van der Waals surface area contributed by atoms with E-state index in [2.05, 4.69) is 10.3 Å². The lowest BCUT2D eigenvalue weighted by Crippen LogP contribution is -2.12. The maximum absolute atomic E-state index is 13.5. The van der Waals surface area contributed by atoms with Crippen LogP contribution in [-0.2, 0) is 0 Å². The van der Waals surface area contributed by atoms with Crippen LogP contribution >= 0.6 is 11.6 Å². The van der Waals surface area contributed by atoms with Crippen molar-refractivity contribution in [2.24, 2.45) is 5.84 Å². The number of rotatable bonds is 3. The van der Waals surface area contributed by atoms with E-state index in [-0.39, 0.29) is 11.6 Å². The third-order valence-corrected chi connectivity index (χ3v) is 2.43. The minimum atomic E-state index is -0.864. The number of nitrogens with two attached hydrogens (primary N) is 1. The molecule has 0 aliphatic heterocycles. The molecule has 4 N–H and O–H groups in total.